The number of carbonyl (C=O) groups is 1. The molecule has 9 heteroatoms. The predicted octanol–water partition coefficient (Wildman–Crippen LogP) is 3.96. The number of nitrogens with one attached hydrogen (secondary N) is 1. The molecule has 3 aromatic rings. The largest absolute Gasteiger partial charge is 0.485 e. The molecule has 0 spiro atoms. The van der Waals surface area contributed by atoms with E-state index >= 15 is 0 Å². The van der Waals surface area contributed by atoms with Gasteiger partial charge in [0.25, 0.3) is 0 Å². The van der Waals surface area contributed by atoms with Gasteiger partial charge in [-0.05, 0) is 44.0 Å². The van der Waals surface area contributed by atoms with Gasteiger partial charge in [0.1, 0.15) is 12.4 Å². The number of amides is 1. The topological polar surface area (TPSA) is 95.1 Å². The number of ether oxygens (including phenoxy) is 1. The molecular weight excluding hydrogens is 410 g/mol. The third-order valence-corrected chi connectivity index (χ3v) is 5.66. The number of para-hydroxylation sites is 2. The van der Waals surface area contributed by atoms with Crippen LogP contribution in [0, 0.1) is 13.8 Å². The molecule has 0 fully saturated rings. The van der Waals surface area contributed by atoms with Crippen molar-refractivity contribution in [1.29, 1.82) is 0 Å². The number of carbonyl (C=O) groups excluding carboxylic acids is 1. The van der Waals surface area contributed by atoms with Crippen LogP contribution in [0.1, 0.15) is 23.9 Å². The molecule has 0 aliphatic rings. The standard InChI is InChI=1S/C20H22ClN5O2S/c1-12-7-6-8-13(2)18(12)28-11-17-24-25-20(26(17)22)29-14(3)19(27)23-16-10-5-4-9-15(16)21/h4-10,14H,11,22H2,1-3H3,(H,23,27). The number of aromatic nitrogens is 3. The molecule has 152 valence electrons. The van der Waals surface area contributed by atoms with Gasteiger partial charge in [0.05, 0.1) is 16.0 Å². The summed E-state index contributed by atoms with van der Waals surface area (Å²) in [7, 11) is 0. The SMILES string of the molecule is Cc1cccc(C)c1OCc1nnc(SC(C)C(=O)Nc2ccccc2Cl)n1N. The number of rotatable bonds is 7. The van der Waals surface area contributed by atoms with Crippen molar-refractivity contribution in [3.63, 3.8) is 0 Å². The molecule has 0 saturated carbocycles. The van der Waals surface area contributed by atoms with E-state index in [4.69, 9.17) is 22.2 Å². The monoisotopic (exact) mass is 431 g/mol. The van der Waals surface area contributed by atoms with E-state index in [9.17, 15) is 4.79 Å². The fourth-order valence-electron chi connectivity index (χ4n) is 2.66. The Kier molecular flexibility index (Phi) is 6.66. The average Bonchev–Trinajstić information content (AvgIpc) is 3.03. The molecule has 1 heterocycles. The Balaban J connectivity index is 1.63. The second kappa shape index (κ2) is 9.19. The number of aryl methyl sites for hydroxylation is 2. The summed E-state index contributed by atoms with van der Waals surface area (Å²) in [5.41, 5.74) is 2.63. The third kappa shape index (κ3) is 5.02. The lowest BCUT2D eigenvalue weighted by Gasteiger charge is -2.13. The van der Waals surface area contributed by atoms with Gasteiger partial charge in [-0.2, -0.15) is 0 Å². The summed E-state index contributed by atoms with van der Waals surface area (Å²) < 4.78 is 7.23. The highest BCUT2D eigenvalue weighted by atomic mass is 35.5. The maximum absolute atomic E-state index is 12.5. The second-order valence-corrected chi connectivity index (χ2v) is 8.22. The van der Waals surface area contributed by atoms with Gasteiger partial charge < -0.3 is 15.9 Å². The highest BCUT2D eigenvalue weighted by Crippen LogP contribution is 2.26. The zero-order valence-electron chi connectivity index (χ0n) is 16.3. The molecule has 0 aliphatic carbocycles. The van der Waals surface area contributed by atoms with E-state index < -0.39 is 5.25 Å². The number of hydrogen-bond acceptors (Lipinski definition) is 6. The summed E-state index contributed by atoms with van der Waals surface area (Å²) in [6, 6.07) is 13.0. The number of nitrogens with two attached hydrogens (primary N) is 1. The Morgan fingerprint density at radius 3 is 2.59 bits per heavy atom. The molecule has 2 aromatic carbocycles. The third-order valence-electron chi connectivity index (χ3n) is 4.27. The second-order valence-electron chi connectivity index (χ2n) is 6.51. The molecule has 1 aromatic heterocycles. The zero-order valence-corrected chi connectivity index (χ0v) is 17.9. The van der Waals surface area contributed by atoms with Gasteiger partial charge in [-0.3, -0.25) is 4.79 Å². The van der Waals surface area contributed by atoms with Crippen LogP contribution in [-0.2, 0) is 11.4 Å². The summed E-state index contributed by atoms with van der Waals surface area (Å²) >= 11 is 7.29. The number of benzene rings is 2. The van der Waals surface area contributed by atoms with Gasteiger partial charge in [0, 0.05) is 0 Å². The molecule has 1 atom stereocenters. The average molecular weight is 432 g/mol. The highest BCUT2D eigenvalue weighted by molar-refractivity contribution is 8.00. The molecule has 1 amide bonds. The Labute approximate surface area is 178 Å². The Hall–Kier alpha value is -2.71. The number of hydrogen-bond donors (Lipinski definition) is 2. The van der Waals surface area contributed by atoms with Crippen LogP contribution < -0.4 is 15.9 Å². The molecule has 0 bridgehead atoms. The van der Waals surface area contributed by atoms with Crippen LogP contribution in [0.3, 0.4) is 0 Å². The van der Waals surface area contributed by atoms with E-state index in [1.54, 1.807) is 31.2 Å². The van der Waals surface area contributed by atoms with Crippen molar-refractivity contribution in [1.82, 2.24) is 14.9 Å². The first-order valence-electron chi connectivity index (χ1n) is 8.97. The smallest absolute Gasteiger partial charge is 0.237 e. The van der Waals surface area contributed by atoms with Crippen molar-refractivity contribution in [2.75, 3.05) is 11.2 Å². The zero-order chi connectivity index (χ0) is 21.0. The van der Waals surface area contributed by atoms with E-state index in [-0.39, 0.29) is 12.5 Å². The molecule has 1 unspecified atom stereocenters. The Bertz CT molecular complexity index is 1000. The van der Waals surface area contributed by atoms with Gasteiger partial charge in [-0.25, -0.2) is 4.68 Å². The molecule has 0 aliphatic heterocycles. The maximum atomic E-state index is 12.5. The van der Waals surface area contributed by atoms with E-state index in [0.717, 1.165) is 16.9 Å². The number of anilines is 1. The van der Waals surface area contributed by atoms with Crippen LogP contribution in [0.2, 0.25) is 5.02 Å². The first-order valence-corrected chi connectivity index (χ1v) is 10.2. The molecule has 0 radical (unpaired) electrons. The molecule has 0 saturated heterocycles. The van der Waals surface area contributed by atoms with Gasteiger partial charge in [0.2, 0.25) is 11.1 Å². The summed E-state index contributed by atoms with van der Waals surface area (Å²) in [5, 5.41) is 11.4. The van der Waals surface area contributed by atoms with Crippen LogP contribution >= 0.6 is 23.4 Å². The molecule has 7 nitrogen and oxygen atoms in total. The first kappa shape index (κ1) is 21.0. The molecule has 3 rings (SSSR count). The fourth-order valence-corrected chi connectivity index (χ4v) is 3.63. The number of halogens is 1. The van der Waals surface area contributed by atoms with Crippen molar-refractivity contribution >= 4 is 35.0 Å². The van der Waals surface area contributed by atoms with Crippen molar-refractivity contribution in [2.24, 2.45) is 0 Å². The lowest BCUT2D eigenvalue weighted by Crippen LogP contribution is -2.24. The van der Waals surface area contributed by atoms with Crippen LogP contribution in [0.15, 0.2) is 47.6 Å². The lowest BCUT2D eigenvalue weighted by molar-refractivity contribution is -0.115. The maximum Gasteiger partial charge on any atom is 0.237 e. The van der Waals surface area contributed by atoms with Crippen LogP contribution in [0.5, 0.6) is 5.75 Å². The van der Waals surface area contributed by atoms with E-state index in [1.165, 1.54) is 16.4 Å². The summed E-state index contributed by atoms with van der Waals surface area (Å²) in [6.45, 7) is 5.90. The Morgan fingerprint density at radius 2 is 1.90 bits per heavy atom. The quantitative estimate of drug-likeness (QED) is 0.434. The van der Waals surface area contributed by atoms with Gasteiger partial charge in [-0.15, -0.1) is 10.2 Å². The highest BCUT2D eigenvalue weighted by Gasteiger charge is 2.20. The van der Waals surface area contributed by atoms with Crippen LogP contribution in [-0.4, -0.2) is 26.0 Å². The summed E-state index contributed by atoms with van der Waals surface area (Å²) in [5.74, 6) is 7.17. The number of nitrogen functional groups attached to an aromatic ring is 1. The van der Waals surface area contributed by atoms with Crippen LogP contribution in [0.4, 0.5) is 5.69 Å². The lowest BCUT2D eigenvalue weighted by atomic mass is 10.1. The van der Waals surface area contributed by atoms with Crippen molar-refractivity contribution in [3.05, 3.63) is 64.4 Å². The number of thioether (sulfide) groups is 1. The normalized spacial score (nSPS) is 11.9. The van der Waals surface area contributed by atoms with Gasteiger partial charge >= 0.3 is 0 Å². The van der Waals surface area contributed by atoms with Gasteiger partial charge in [0.15, 0.2) is 5.82 Å². The van der Waals surface area contributed by atoms with Crippen molar-refractivity contribution in [3.8, 4) is 5.75 Å². The van der Waals surface area contributed by atoms with Crippen molar-refractivity contribution < 1.29 is 9.53 Å². The minimum absolute atomic E-state index is 0.177. The summed E-state index contributed by atoms with van der Waals surface area (Å²) in [6.07, 6.45) is 0. The number of nitrogens with zero attached hydrogens (tertiary/aromatic N) is 3. The Morgan fingerprint density at radius 1 is 1.21 bits per heavy atom. The minimum atomic E-state index is -0.454. The van der Waals surface area contributed by atoms with E-state index in [1.807, 2.05) is 32.0 Å². The van der Waals surface area contributed by atoms with E-state index in [2.05, 4.69) is 15.5 Å². The first-order chi connectivity index (χ1) is 13.9. The summed E-state index contributed by atoms with van der Waals surface area (Å²) in [4.78, 5) is 12.5. The fraction of sp³-hybridized carbons (Fsp3) is 0.250. The van der Waals surface area contributed by atoms with Gasteiger partial charge in [-0.1, -0.05) is 53.7 Å². The molecule has 29 heavy (non-hydrogen) atoms. The van der Waals surface area contributed by atoms with Crippen LogP contribution in [0.25, 0.3) is 0 Å². The molecule has 3 N–H and O–H groups in total. The minimum Gasteiger partial charge on any atom is -0.485 e. The van der Waals surface area contributed by atoms with Crippen molar-refractivity contribution in [2.45, 2.75) is 37.8 Å². The molecular formula is C20H22ClN5O2S. The predicted molar refractivity (Wildman–Crippen MR) is 116 cm³/mol. The van der Waals surface area contributed by atoms with E-state index in [0.29, 0.717) is 21.7 Å².